The number of hydrogen-bond donors (Lipinski definition) is 1. The number of carboxylic acid groups (broad SMARTS) is 1. The van der Waals surface area contributed by atoms with Crippen LogP contribution in [0.25, 0.3) is 11.3 Å². The molecule has 0 atom stereocenters. The van der Waals surface area contributed by atoms with E-state index in [9.17, 15) is 9.90 Å². The van der Waals surface area contributed by atoms with Gasteiger partial charge in [-0.2, -0.15) is 0 Å². The molecule has 0 aliphatic carbocycles. The van der Waals surface area contributed by atoms with Crippen LogP contribution in [-0.4, -0.2) is 20.6 Å². The van der Waals surface area contributed by atoms with E-state index < -0.39 is 5.97 Å². The topological polar surface area (TPSA) is 55.1 Å². The second kappa shape index (κ2) is 5.28. The number of pyridine rings is 1. The molecular formula is C14H13ClN2O2. The maximum absolute atomic E-state index is 11.3. The van der Waals surface area contributed by atoms with Crippen molar-refractivity contribution in [1.82, 2.24) is 9.55 Å². The zero-order valence-electron chi connectivity index (χ0n) is 10.4. The van der Waals surface area contributed by atoms with E-state index in [0.717, 1.165) is 5.56 Å². The Morgan fingerprint density at radius 3 is 2.89 bits per heavy atom. The van der Waals surface area contributed by atoms with Gasteiger partial charge in [0.1, 0.15) is 0 Å². The molecule has 5 heteroatoms. The van der Waals surface area contributed by atoms with Gasteiger partial charge in [-0.15, -0.1) is 6.58 Å². The number of halogens is 1. The van der Waals surface area contributed by atoms with Crippen molar-refractivity contribution in [3.8, 4) is 11.3 Å². The first-order valence-electron chi connectivity index (χ1n) is 5.71. The highest BCUT2D eigenvalue weighted by Crippen LogP contribution is 2.35. The number of hydrogen-bond acceptors (Lipinski definition) is 2. The van der Waals surface area contributed by atoms with Gasteiger partial charge in [0, 0.05) is 30.2 Å². The Bertz CT molecular complexity index is 633. The fourth-order valence-electron chi connectivity index (χ4n) is 2.09. The maximum atomic E-state index is 11.3. The molecule has 0 saturated heterocycles. The predicted molar refractivity (Wildman–Crippen MR) is 74.6 cm³/mol. The summed E-state index contributed by atoms with van der Waals surface area (Å²) >= 11 is 6.24. The van der Waals surface area contributed by atoms with Crippen LogP contribution >= 0.6 is 11.6 Å². The fourth-order valence-corrected chi connectivity index (χ4v) is 2.52. The molecule has 4 nitrogen and oxygen atoms in total. The molecule has 0 saturated carbocycles. The van der Waals surface area contributed by atoms with Crippen molar-refractivity contribution >= 4 is 17.6 Å². The third-order valence-electron chi connectivity index (χ3n) is 2.92. The normalized spacial score (nSPS) is 10.4. The van der Waals surface area contributed by atoms with Gasteiger partial charge in [-0.1, -0.05) is 17.7 Å². The zero-order valence-corrected chi connectivity index (χ0v) is 11.2. The number of rotatable bonds is 4. The number of carboxylic acids is 1. The lowest BCUT2D eigenvalue weighted by Gasteiger charge is -2.09. The van der Waals surface area contributed by atoms with Gasteiger partial charge in [-0.3, -0.25) is 4.98 Å². The van der Waals surface area contributed by atoms with Crippen LogP contribution in [0.1, 0.15) is 16.1 Å². The molecule has 0 spiro atoms. The minimum absolute atomic E-state index is 0.127. The molecule has 0 fully saturated rings. The van der Waals surface area contributed by atoms with Gasteiger partial charge in [-0.05, 0) is 19.1 Å². The van der Waals surface area contributed by atoms with Crippen molar-refractivity contribution in [2.75, 3.05) is 0 Å². The van der Waals surface area contributed by atoms with Crippen LogP contribution in [0, 0.1) is 6.92 Å². The first-order valence-corrected chi connectivity index (χ1v) is 6.09. The molecule has 2 rings (SSSR count). The standard InChI is InChI=1S/C14H13ClN2O2/c1-3-7-17-9(2)11(14(18)19)12(15)13(17)10-5-4-6-16-8-10/h3-6,8H,1,7H2,2H3,(H,18,19). The molecule has 1 N–H and O–H groups in total. The molecule has 0 aromatic carbocycles. The summed E-state index contributed by atoms with van der Waals surface area (Å²) < 4.78 is 1.83. The smallest absolute Gasteiger partial charge is 0.339 e. The van der Waals surface area contributed by atoms with Gasteiger partial charge in [0.15, 0.2) is 0 Å². The molecule has 2 aromatic rings. The number of carbonyl (C=O) groups is 1. The average molecular weight is 277 g/mol. The minimum Gasteiger partial charge on any atom is -0.478 e. The predicted octanol–water partition coefficient (Wildman–Crippen LogP) is 3.40. The molecule has 19 heavy (non-hydrogen) atoms. The largest absolute Gasteiger partial charge is 0.478 e. The van der Waals surface area contributed by atoms with Crippen LogP contribution in [0.15, 0.2) is 37.2 Å². The van der Waals surface area contributed by atoms with Crippen LogP contribution in [0.3, 0.4) is 0 Å². The molecule has 0 aliphatic rings. The van der Waals surface area contributed by atoms with E-state index in [4.69, 9.17) is 11.6 Å². The van der Waals surface area contributed by atoms with E-state index in [1.807, 2.05) is 10.6 Å². The van der Waals surface area contributed by atoms with Crippen molar-refractivity contribution in [2.45, 2.75) is 13.5 Å². The summed E-state index contributed by atoms with van der Waals surface area (Å²) in [6, 6.07) is 3.63. The van der Waals surface area contributed by atoms with Crippen LogP contribution in [-0.2, 0) is 6.54 Å². The third kappa shape index (κ3) is 2.27. The Labute approximate surface area is 116 Å². The van der Waals surface area contributed by atoms with Crippen molar-refractivity contribution in [3.05, 3.63) is 53.5 Å². The maximum Gasteiger partial charge on any atom is 0.339 e. The highest BCUT2D eigenvalue weighted by Gasteiger charge is 2.24. The second-order valence-corrected chi connectivity index (χ2v) is 4.45. The molecule has 98 valence electrons. The quantitative estimate of drug-likeness (QED) is 0.871. The molecule has 0 bridgehead atoms. The minimum atomic E-state index is -1.03. The summed E-state index contributed by atoms with van der Waals surface area (Å²) in [6.07, 6.45) is 5.02. The molecular weight excluding hydrogens is 264 g/mol. The number of allylic oxidation sites excluding steroid dienone is 1. The van der Waals surface area contributed by atoms with Gasteiger partial charge in [0.2, 0.25) is 0 Å². The summed E-state index contributed by atoms with van der Waals surface area (Å²) in [5.74, 6) is -1.03. The van der Waals surface area contributed by atoms with E-state index in [1.54, 1.807) is 31.5 Å². The molecule has 0 radical (unpaired) electrons. The molecule has 0 aliphatic heterocycles. The van der Waals surface area contributed by atoms with E-state index >= 15 is 0 Å². The molecule has 2 heterocycles. The molecule has 0 unspecified atom stereocenters. The summed E-state index contributed by atoms with van der Waals surface area (Å²) in [7, 11) is 0. The highest BCUT2D eigenvalue weighted by atomic mass is 35.5. The van der Waals surface area contributed by atoms with Crippen molar-refractivity contribution in [3.63, 3.8) is 0 Å². The van der Waals surface area contributed by atoms with Gasteiger partial charge in [-0.25, -0.2) is 4.79 Å². The first kappa shape index (κ1) is 13.4. The monoisotopic (exact) mass is 276 g/mol. The SMILES string of the molecule is C=CCn1c(C)c(C(=O)O)c(Cl)c1-c1cccnc1. The fraction of sp³-hybridized carbons (Fsp3) is 0.143. The lowest BCUT2D eigenvalue weighted by molar-refractivity contribution is 0.0696. The van der Waals surface area contributed by atoms with Crippen LogP contribution < -0.4 is 0 Å². The van der Waals surface area contributed by atoms with Crippen molar-refractivity contribution in [1.29, 1.82) is 0 Å². The second-order valence-electron chi connectivity index (χ2n) is 4.07. The molecule has 0 amide bonds. The van der Waals surface area contributed by atoms with E-state index in [1.165, 1.54) is 0 Å². The Morgan fingerprint density at radius 1 is 1.63 bits per heavy atom. The Balaban J connectivity index is 2.75. The average Bonchev–Trinajstić information content (AvgIpc) is 2.63. The first-order chi connectivity index (χ1) is 9.07. The van der Waals surface area contributed by atoms with Crippen LogP contribution in [0.2, 0.25) is 5.02 Å². The Morgan fingerprint density at radius 2 is 2.37 bits per heavy atom. The number of nitrogens with zero attached hydrogens (tertiary/aromatic N) is 2. The third-order valence-corrected chi connectivity index (χ3v) is 3.29. The highest BCUT2D eigenvalue weighted by molar-refractivity contribution is 6.36. The summed E-state index contributed by atoms with van der Waals surface area (Å²) in [6.45, 7) is 5.91. The number of aromatic carboxylic acids is 1. The lowest BCUT2D eigenvalue weighted by atomic mass is 10.2. The van der Waals surface area contributed by atoms with Gasteiger partial charge < -0.3 is 9.67 Å². The summed E-state index contributed by atoms with van der Waals surface area (Å²) in [5, 5.41) is 9.50. The van der Waals surface area contributed by atoms with Crippen LogP contribution in [0.4, 0.5) is 0 Å². The summed E-state index contributed by atoms with van der Waals surface area (Å²) in [5.41, 5.74) is 2.17. The van der Waals surface area contributed by atoms with Gasteiger partial charge in [0.25, 0.3) is 0 Å². The Hall–Kier alpha value is -2.07. The van der Waals surface area contributed by atoms with Crippen molar-refractivity contribution in [2.24, 2.45) is 0 Å². The van der Waals surface area contributed by atoms with E-state index in [-0.39, 0.29) is 10.6 Å². The molecule has 2 aromatic heterocycles. The van der Waals surface area contributed by atoms with Gasteiger partial charge >= 0.3 is 5.97 Å². The van der Waals surface area contributed by atoms with Crippen molar-refractivity contribution < 1.29 is 9.90 Å². The number of aromatic nitrogens is 2. The van der Waals surface area contributed by atoms with E-state index in [2.05, 4.69) is 11.6 Å². The lowest BCUT2D eigenvalue weighted by Crippen LogP contribution is -2.03. The van der Waals surface area contributed by atoms with E-state index in [0.29, 0.717) is 17.9 Å². The zero-order chi connectivity index (χ0) is 14.0. The Kier molecular flexibility index (Phi) is 3.71. The van der Waals surface area contributed by atoms with Crippen LogP contribution in [0.5, 0.6) is 0 Å². The summed E-state index contributed by atoms with van der Waals surface area (Å²) in [4.78, 5) is 15.3. The van der Waals surface area contributed by atoms with Gasteiger partial charge in [0.05, 0.1) is 16.3 Å².